The maximum Gasteiger partial charge on any atom is 0.342 e. The zero-order valence-electron chi connectivity index (χ0n) is 14.3. The van der Waals surface area contributed by atoms with Crippen molar-refractivity contribution in [1.29, 1.82) is 0 Å². The number of ether oxygens (including phenoxy) is 2. The van der Waals surface area contributed by atoms with Gasteiger partial charge in [-0.2, -0.15) is 0 Å². The summed E-state index contributed by atoms with van der Waals surface area (Å²) in [4.78, 5) is 23.8. The topological polar surface area (TPSA) is 125 Å². The number of nitrogens with two attached hydrogens (primary N) is 1. The summed E-state index contributed by atoms with van der Waals surface area (Å²) in [5, 5.41) is 8.11. The van der Waals surface area contributed by atoms with Gasteiger partial charge in [0.15, 0.2) is 6.61 Å². The van der Waals surface area contributed by atoms with Crippen molar-refractivity contribution in [3.63, 3.8) is 0 Å². The normalized spacial score (nSPS) is 10.9. The molecule has 144 valence electrons. The molecule has 0 fully saturated rings. The summed E-state index contributed by atoms with van der Waals surface area (Å²) in [5.41, 5.74) is 0.546. The van der Waals surface area contributed by atoms with Crippen LogP contribution < -0.4 is 15.2 Å². The van der Waals surface area contributed by atoms with E-state index < -0.39 is 28.5 Å². The van der Waals surface area contributed by atoms with Crippen molar-refractivity contribution in [2.75, 3.05) is 13.7 Å². The molecule has 0 aliphatic carbocycles. The molecule has 2 aromatic rings. The molecule has 27 heavy (non-hydrogen) atoms. The second kappa shape index (κ2) is 8.85. The molecule has 2 aromatic carbocycles. The van der Waals surface area contributed by atoms with Crippen LogP contribution in [-0.4, -0.2) is 34.0 Å². The maximum absolute atomic E-state index is 12.2. The molecule has 0 aliphatic heterocycles. The number of primary sulfonamides is 1. The van der Waals surface area contributed by atoms with Crippen LogP contribution >= 0.6 is 11.6 Å². The summed E-state index contributed by atoms with van der Waals surface area (Å²) in [6.07, 6.45) is 0. The third-order valence-electron chi connectivity index (χ3n) is 3.49. The fraction of sp³-hybridized carbons (Fsp3) is 0.176. The Kier molecular flexibility index (Phi) is 6.78. The van der Waals surface area contributed by atoms with E-state index in [1.54, 1.807) is 24.3 Å². The number of carbonyl (C=O) groups excluding carboxylic acids is 2. The van der Waals surface area contributed by atoms with Crippen LogP contribution in [0.25, 0.3) is 0 Å². The standard InChI is InChI=1S/C17H17ClN2O6S/c1-25-15-7-6-12(27(19,23)24)8-13(15)17(22)26-10-16(21)20-9-11-4-2-3-5-14(11)18/h2-8H,9-10H2,1H3,(H,20,21)(H2,19,23,24). The Morgan fingerprint density at radius 3 is 2.52 bits per heavy atom. The Labute approximate surface area is 161 Å². The third-order valence-corrected chi connectivity index (χ3v) is 4.77. The molecule has 0 aromatic heterocycles. The van der Waals surface area contributed by atoms with Gasteiger partial charge in [-0.05, 0) is 29.8 Å². The van der Waals surface area contributed by atoms with Gasteiger partial charge in [-0.1, -0.05) is 29.8 Å². The molecule has 0 spiro atoms. The zero-order chi connectivity index (χ0) is 20.0. The van der Waals surface area contributed by atoms with E-state index in [1.165, 1.54) is 19.2 Å². The number of amides is 1. The summed E-state index contributed by atoms with van der Waals surface area (Å²) in [7, 11) is -2.71. The monoisotopic (exact) mass is 412 g/mol. The summed E-state index contributed by atoms with van der Waals surface area (Å²) in [6.45, 7) is -0.397. The minimum atomic E-state index is -4.01. The van der Waals surface area contributed by atoms with Crippen LogP contribution in [0.15, 0.2) is 47.4 Å². The van der Waals surface area contributed by atoms with E-state index >= 15 is 0 Å². The first-order valence-electron chi connectivity index (χ1n) is 7.60. The number of halogens is 1. The Morgan fingerprint density at radius 1 is 1.19 bits per heavy atom. The van der Waals surface area contributed by atoms with Gasteiger partial charge in [-0.15, -0.1) is 0 Å². The SMILES string of the molecule is COc1ccc(S(N)(=O)=O)cc1C(=O)OCC(=O)NCc1ccccc1Cl. The Morgan fingerprint density at radius 2 is 1.89 bits per heavy atom. The van der Waals surface area contributed by atoms with Gasteiger partial charge in [0.05, 0.1) is 12.0 Å². The largest absolute Gasteiger partial charge is 0.496 e. The molecule has 0 bridgehead atoms. The summed E-state index contributed by atoms with van der Waals surface area (Å²) < 4.78 is 32.8. The van der Waals surface area contributed by atoms with Crippen molar-refractivity contribution in [2.24, 2.45) is 5.14 Å². The molecule has 0 saturated carbocycles. The van der Waals surface area contributed by atoms with E-state index in [0.29, 0.717) is 10.6 Å². The lowest BCUT2D eigenvalue weighted by Gasteiger charge is -2.11. The van der Waals surface area contributed by atoms with E-state index in [1.807, 2.05) is 0 Å². The first kappa shape index (κ1) is 20.7. The van der Waals surface area contributed by atoms with Crippen LogP contribution in [0.4, 0.5) is 0 Å². The van der Waals surface area contributed by atoms with E-state index in [9.17, 15) is 18.0 Å². The zero-order valence-corrected chi connectivity index (χ0v) is 15.8. The second-order valence-electron chi connectivity index (χ2n) is 5.35. The number of benzene rings is 2. The maximum atomic E-state index is 12.2. The molecule has 8 nitrogen and oxygen atoms in total. The van der Waals surface area contributed by atoms with Gasteiger partial charge < -0.3 is 14.8 Å². The Hall–Kier alpha value is -2.62. The van der Waals surface area contributed by atoms with Crippen LogP contribution in [0.5, 0.6) is 5.75 Å². The van der Waals surface area contributed by atoms with Gasteiger partial charge in [0.2, 0.25) is 10.0 Å². The average molecular weight is 413 g/mol. The average Bonchev–Trinajstić information content (AvgIpc) is 2.64. The number of rotatable bonds is 7. The van der Waals surface area contributed by atoms with Gasteiger partial charge in [-0.3, -0.25) is 4.79 Å². The highest BCUT2D eigenvalue weighted by atomic mass is 35.5. The summed E-state index contributed by atoms with van der Waals surface area (Å²) in [5.74, 6) is -1.39. The number of hydrogen-bond acceptors (Lipinski definition) is 6. The highest BCUT2D eigenvalue weighted by molar-refractivity contribution is 7.89. The third kappa shape index (κ3) is 5.68. The van der Waals surface area contributed by atoms with E-state index in [0.717, 1.165) is 6.07 Å². The van der Waals surface area contributed by atoms with Gasteiger partial charge >= 0.3 is 5.97 Å². The minimum Gasteiger partial charge on any atom is -0.496 e. The predicted octanol–water partition coefficient (Wildman–Crippen LogP) is 1.47. The molecule has 0 saturated heterocycles. The van der Waals surface area contributed by atoms with Gasteiger partial charge in [0.1, 0.15) is 11.3 Å². The highest BCUT2D eigenvalue weighted by Gasteiger charge is 2.19. The number of nitrogens with one attached hydrogen (secondary N) is 1. The van der Waals surface area contributed by atoms with E-state index in [4.69, 9.17) is 26.2 Å². The van der Waals surface area contributed by atoms with Crippen molar-refractivity contribution in [2.45, 2.75) is 11.4 Å². The van der Waals surface area contributed by atoms with Crippen molar-refractivity contribution in [1.82, 2.24) is 5.32 Å². The number of hydrogen-bond donors (Lipinski definition) is 2. The number of sulfonamides is 1. The molecular formula is C17H17ClN2O6S. The van der Waals surface area contributed by atoms with E-state index in [-0.39, 0.29) is 22.8 Å². The van der Waals surface area contributed by atoms with Crippen molar-refractivity contribution in [3.8, 4) is 5.75 Å². The van der Waals surface area contributed by atoms with Crippen molar-refractivity contribution in [3.05, 3.63) is 58.6 Å². The number of esters is 1. The Balaban J connectivity index is 2.00. The molecular weight excluding hydrogens is 396 g/mol. The van der Waals surface area contributed by atoms with Crippen LogP contribution in [0.2, 0.25) is 5.02 Å². The van der Waals surface area contributed by atoms with E-state index in [2.05, 4.69) is 5.32 Å². The van der Waals surface area contributed by atoms with Gasteiger partial charge in [0, 0.05) is 11.6 Å². The van der Waals surface area contributed by atoms with Gasteiger partial charge in [0.25, 0.3) is 5.91 Å². The lowest BCUT2D eigenvalue weighted by molar-refractivity contribution is -0.124. The molecule has 0 atom stereocenters. The molecule has 0 radical (unpaired) electrons. The fourth-order valence-electron chi connectivity index (χ4n) is 2.12. The highest BCUT2D eigenvalue weighted by Crippen LogP contribution is 2.22. The molecule has 0 aliphatic rings. The number of carbonyl (C=O) groups is 2. The van der Waals surface area contributed by atoms with Crippen LogP contribution in [0.3, 0.4) is 0 Å². The quantitative estimate of drug-likeness (QED) is 0.663. The Bertz CT molecular complexity index is 962. The smallest absolute Gasteiger partial charge is 0.342 e. The molecule has 0 heterocycles. The van der Waals surface area contributed by atoms with Crippen LogP contribution in [0.1, 0.15) is 15.9 Å². The lowest BCUT2D eigenvalue weighted by atomic mass is 10.2. The van der Waals surface area contributed by atoms with Crippen molar-refractivity contribution < 1.29 is 27.5 Å². The summed E-state index contributed by atoms with van der Waals surface area (Å²) >= 11 is 5.99. The van der Waals surface area contributed by atoms with Crippen LogP contribution in [0, 0.1) is 0 Å². The first-order chi connectivity index (χ1) is 12.7. The second-order valence-corrected chi connectivity index (χ2v) is 7.32. The van der Waals surface area contributed by atoms with Crippen molar-refractivity contribution >= 4 is 33.5 Å². The molecule has 1 amide bonds. The molecule has 2 rings (SSSR count). The van der Waals surface area contributed by atoms with Crippen LogP contribution in [-0.2, 0) is 26.1 Å². The number of methoxy groups -OCH3 is 1. The fourth-order valence-corrected chi connectivity index (χ4v) is 2.86. The minimum absolute atomic E-state index is 0.0869. The first-order valence-corrected chi connectivity index (χ1v) is 9.53. The predicted molar refractivity (Wildman–Crippen MR) is 97.9 cm³/mol. The molecule has 0 unspecified atom stereocenters. The van der Waals surface area contributed by atoms with Gasteiger partial charge in [-0.25, -0.2) is 18.4 Å². The molecule has 10 heteroatoms. The summed E-state index contributed by atoms with van der Waals surface area (Å²) in [6, 6.07) is 10.5. The molecule has 3 N–H and O–H groups in total. The lowest BCUT2D eigenvalue weighted by Crippen LogP contribution is -2.28.